The molecular weight excluding hydrogens is 190 g/mol. The zero-order chi connectivity index (χ0) is 16.0. The van der Waals surface area contributed by atoms with Crippen molar-refractivity contribution < 1.29 is 8.22 Å². The molecule has 2 rings (SSSR count). The fourth-order valence-electron chi connectivity index (χ4n) is 1.06. The summed E-state index contributed by atoms with van der Waals surface area (Å²) in [5.74, 6) is -0.532. The minimum Gasteiger partial charge on any atom is -0.382 e. The second-order valence-corrected chi connectivity index (χ2v) is 2.91. The Kier molecular flexibility index (Phi) is 1.16. The molecule has 0 saturated heterocycles. The lowest BCUT2D eigenvalue weighted by atomic mass is 10.2. The molecule has 0 bridgehead atoms. The highest BCUT2D eigenvalue weighted by Crippen LogP contribution is 2.14. The predicted molar refractivity (Wildman–Crippen MR) is 59.2 cm³/mol. The fourth-order valence-corrected chi connectivity index (χ4v) is 1.06. The summed E-state index contributed by atoms with van der Waals surface area (Å²) >= 11 is 0. The van der Waals surface area contributed by atoms with E-state index in [0.29, 0.717) is 5.52 Å². The van der Waals surface area contributed by atoms with Crippen LogP contribution in [-0.2, 0) is 6.37 Å². The molecule has 2 aromatic heterocycles. The second kappa shape index (κ2) is 3.68. The van der Waals surface area contributed by atoms with Gasteiger partial charge in [0.25, 0.3) is 0 Å². The van der Waals surface area contributed by atoms with Gasteiger partial charge in [0.2, 0.25) is 0 Å². The molecule has 0 radical (unpaired) electrons. The molecule has 0 fully saturated rings. The quantitative estimate of drug-likeness (QED) is 0.749. The molecule has 0 amide bonds. The van der Waals surface area contributed by atoms with E-state index in [9.17, 15) is 0 Å². The summed E-state index contributed by atoms with van der Waals surface area (Å²) < 4.78 is 46.1. The molecule has 3 N–H and O–H groups in total. The van der Waals surface area contributed by atoms with Crippen molar-refractivity contribution in [1.29, 1.82) is 0 Å². The Bertz CT molecular complexity index is 718. The van der Waals surface area contributed by atoms with Gasteiger partial charge >= 0.3 is 0 Å². The van der Waals surface area contributed by atoms with Crippen molar-refractivity contribution in [3.63, 3.8) is 0 Å². The highest BCUT2D eigenvalue weighted by Gasteiger charge is 2.06. The van der Waals surface area contributed by atoms with E-state index in [1.807, 2.05) is 0 Å². The molecule has 78 valence electrons. The monoisotopic (exact) mass is 209 g/mol. The molecule has 15 heavy (non-hydrogen) atoms. The SMILES string of the molecule is [2H]C([2H])=C(C)C([2H])([2H])C([2H])([2H])c1nc(N)c2[nH]cnc2n1. The lowest BCUT2D eigenvalue weighted by Crippen LogP contribution is -2.01. The number of fused-ring (bicyclic) bond motifs is 1. The van der Waals surface area contributed by atoms with Crippen molar-refractivity contribution in [2.75, 3.05) is 5.73 Å². The van der Waals surface area contributed by atoms with E-state index in [-0.39, 0.29) is 17.0 Å². The van der Waals surface area contributed by atoms with E-state index < -0.39 is 25.1 Å². The first kappa shape index (κ1) is 4.74. The standard InChI is InChI=1S/C10H13N5/c1-6(2)3-4-7-14-9(11)8-10(15-7)13-5-12-8/h5H,1,3-4H2,2H3,(H3,11,12,13,14,15)/i1D2,3D2,4D2. The molecular formula is C10H13N5. The molecule has 0 aromatic carbocycles. The van der Waals surface area contributed by atoms with Gasteiger partial charge in [0, 0.05) is 11.9 Å². The van der Waals surface area contributed by atoms with Crippen LogP contribution in [0, 0.1) is 0 Å². The summed E-state index contributed by atoms with van der Waals surface area (Å²) in [5.41, 5.74) is 5.77. The summed E-state index contributed by atoms with van der Waals surface area (Å²) in [5, 5.41) is 0. The number of aromatic nitrogens is 4. The summed E-state index contributed by atoms with van der Waals surface area (Å²) in [6.07, 6.45) is -3.99. The van der Waals surface area contributed by atoms with Crippen molar-refractivity contribution in [1.82, 2.24) is 19.9 Å². The Balaban J connectivity index is 2.63. The molecule has 0 spiro atoms. The molecule has 0 atom stereocenters. The third-order valence-corrected chi connectivity index (χ3v) is 1.68. The van der Waals surface area contributed by atoms with Crippen LogP contribution < -0.4 is 5.73 Å². The van der Waals surface area contributed by atoms with Crippen LogP contribution in [0.1, 0.15) is 27.3 Å². The van der Waals surface area contributed by atoms with E-state index in [2.05, 4.69) is 19.9 Å². The van der Waals surface area contributed by atoms with Gasteiger partial charge in [-0.1, -0.05) is 5.57 Å². The van der Waals surface area contributed by atoms with Crippen LogP contribution >= 0.6 is 0 Å². The number of nitrogens with zero attached hydrogens (tertiary/aromatic N) is 3. The van der Waals surface area contributed by atoms with E-state index in [4.69, 9.17) is 14.0 Å². The summed E-state index contributed by atoms with van der Waals surface area (Å²) in [6, 6.07) is 0. The van der Waals surface area contributed by atoms with Crippen LogP contribution in [0.15, 0.2) is 18.4 Å². The first-order valence-corrected chi connectivity index (χ1v) is 4.20. The highest BCUT2D eigenvalue weighted by molar-refractivity contribution is 5.80. The maximum Gasteiger partial charge on any atom is 0.183 e. The van der Waals surface area contributed by atoms with E-state index in [1.54, 1.807) is 0 Å². The van der Waals surface area contributed by atoms with Crippen molar-refractivity contribution in [2.45, 2.75) is 19.7 Å². The third-order valence-electron chi connectivity index (χ3n) is 1.68. The Morgan fingerprint density at radius 1 is 1.73 bits per heavy atom. The van der Waals surface area contributed by atoms with Gasteiger partial charge in [-0.05, 0) is 13.3 Å². The molecule has 0 aliphatic heterocycles. The first-order valence-electron chi connectivity index (χ1n) is 7.20. The molecule has 0 aliphatic rings. The average molecular weight is 209 g/mol. The summed E-state index contributed by atoms with van der Waals surface area (Å²) in [7, 11) is 0. The average Bonchev–Trinajstić information content (AvgIpc) is 2.86. The van der Waals surface area contributed by atoms with E-state index >= 15 is 0 Å². The number of allylic oxidation sites excluding steroid dienone is 1. The smallest absolute Gasteiger partial charge is 0.183 e. The molecule has 5 heteroatoms. The van der Waals surface area contributed by atoms with Crippen molar-refractivity contribution in [3.8, 4) is 0 Å². The van der Waals surface area contributed by atoms with Gasteiger partial charge in [-0.25, -0.2) is 15.0 Å². The summed E-state index contributed by atoms with van der Waals surface area (Å²) in [4.78, 5) is 14.2. The van der Waals surface area contributed by atoms with Gasteiger partial charge in [-0.15, -0.1) is 6.53 Å². The number of nitrogen functional groups attached to an aromatic ring is 1. The fraction of sp³-hybridized carbons (Fsp3) is 0.300. The molecule has 2 heterocycles. The number of aromatic amines is 1. The lowest BCUT2D eigenvalue weighted by molar-refractivity contribution is 0.862. The van der Waals surface area contributed by atoms with Crippen LogP contribution in [0.2, 0.25) is 0 Å². The number of imidazole rings is 1. The number of H-pyrrole nitrogens is 1. The van der Waals surface area contributed by atoms with Crippen LogP contribution in [0.3, 0.4) is 0 Å². The predicted octanol–water partition coefficient (Wildman–Crippen LogP) is 1.44. The lowest BCUT2D eigenvalue weighted by Gasteiger charge is -2.01. The summed E-state index contributed by atoms with van der Waals surface area (Å²) in [6.45, 7) is 0.390. The van der Waals surface area contributed by atoms with E-state index in [0.717, 1.165) is 0 Å². The van der Waals surface area contributed by atoms with Gasteiger partial charge in [-0.3, -0.25) is 0 Å². The zero-order valence-electron chi connectivity index (χ0n) is 14.0. The van der Waals surface area contributed by atoms with Crippen LogP contribution in [-0.4, -0.2) is 19.9 Å². The number of nitrogens with two attached hydrogens (primary N) is 1. The van der Waals surface area contributed by atoms with Crippen LogP contribution in [0.25, 0.3) is 11.2 Å². The third kappa shape index (κ3) is 1.96. The normalized spacial score (nSPS) is 18.2. The first-order chi connectivity index (χ1) is 9.59. The largest absolute Gasteiger partial charge is 0.382 e. The number of rotatable bonds is 3. The minimum atomic E-state index is -2.67. The van der Waals surface area contributed by atoms with Crippen LogP contribution in [0.4, 0.5) is 5.82 Å². The Hall–Kier alpha value is -1.91. The second-order valence-electron chi connectivity index (χ2n) is 2.91. The van der Waals surface area contributed by atoms with Gasteiger partial charge in [-0.2, -0.15) is 0 Å². The maximum absolute atomic E-state index is 7.99. The number of hydrogen-bond donors (Lipinski definition) is 2. The van der Waals surface area contributed by atoms with Crippen LogP contribution in [0.5, 0.6) is 0 Å². The van der Waals surface area contributed by atoms with E-state index in [1.165, 1.54) is 13.3 Å². The van der Waals surface area contributed by atoms with Gasteiger partial charge in [0.05, 0.1) is 9.07 Å². The van der Waals surface area contributed by atoms with Gasteiger partial charge in [0.1, 0.15) is 11.3 Å². The molecule has 2 aromatic rings. The van der Waals surface area contributed by atoms with Crippen molar-refractivity contribution >= 4 is 17.0 Å². The Labute approximate surface area is 95.9 Å². The van der Waals surface area contributed by atoms with Crippen molar-refractivity contribution in [3.05, 3.63) is 24.3 Å². The Morgan fingerprint density at radius 3 is 3.40 bits per heavy atom. The molecule has 0 unspecified atom stereocenters. The number of nitrogens with one attached hydrogen (secondary N) is 1. The maximum atomic E-state index is 7.99. The topological polar surface area (TPSA) is 80.5 Å². The zero-order valence-corrected chi connectivity index (χ0v) is 8.00. The number of aryl methyl sites for hydroxylation is 1. The minimum absolute atomic E-state index is 0.0502. The van der Waals surface area contributed by atoms with Crippen molar-refractivity contribution in [2.24, 2.45) is 0 Å². The molecule has 0 aliphatic carbocycles. The Morgan fingerprint density at radius 2 is 2.60 bits per heavy atom. The number of anilines is 1. The molecule has 5 nitrogen and oxygen atoms in total. The highest BCUT2D eigenvalue weighted by atomic mass is 15.0. The van der Waals surface area contributed by atoms with Gasteiger partial charge < -0.3 is 10.7 Å². The molecule has 0 saturated carbocycles. The number of hydrogen-bond acceptors (Lipinski definition) is 4. The van der Waals surface area contributed by atoms with Gasteiger partial charge in [0.15, 0.2) is 11.5 Å².